The van der Waals surface area contributed by atoms with Crippen molar-refractivity contribution < 1.29 is 4.79 Å². The molecule has 20 heavy (non-hydrogen) atoms. The lowest BCUT2D eigenvalue weighted by Gasteiger charge is -2.34. The second-order valence-electron chi connectivity index (χ2n) is 5.24. The summed E-state index contributed by atoms with van der Waals surface area (Å²) in [5.41, 5.74) is 1.35. The first kappa shape index (κ1) is 15.4. The topological polar surface area (TPSA) is 23.6 Å². The van der Waals surface area contributed by atoms with E-state index in [1.165, 1.54) is 5.56 Å². The summed E-state index contributed by atoms with van der Waals surface area (Å²) < 4.78 is 0. The molecule has 3 nitrogen and oxygen atoms in total. The fourth-order valence-corrected chi connectivity index (χ4v) is 2.96. The number of carbonyl (C=O) groups excluding carboxylic acids is 1. The summed E-state index contributed by atoms with van der Waals surface area (Å²) in [4.78, 5) is 16.5. The van der Waals surface area contributed by atoms with E-state index >= 15 is 0 Å². The molecule has 0 saturated carbocycles. The lowest BCUT2D eigenvalue weighted by atomic mass is 10.2. The number of benzene rings is 1. The third kappa shape index (κ3) is 4.84. The largest absolute Gasteiger partial charge is 0.340 e. The van der Waals surface area contributed by atoms with Gasteiger partial charge >= 0.3 is 0 Å². The number of piperazine rings is 1. The molecular formula is C16H24N2OS. The van der Waals surface area contributed by atoms with Gasteiger partial charge in [0, 0.05) is 39.1 Å². The third-order valence-electron chi connectivity index (χ3n) is 3.71. The van der Waals surface area contributed by atoms with E-state index in [1.807, 2.05) is 16.7 Å². The van der Waals surface area contributed by atoms with E-state index in [1.54, 1.807) is 0 Å². The van der Waals surface area contributed by atoms with Gasteiger partial charge in [-0.15, -0.1) is 0 Å². The minimum atomic E-state index is 0.332. The fourth-order valence-electron chi connectivity index (χ4n) is 2.52. The predicted molar refractivity (Wildman–Crippen MR) is 85.9 cm³/mol. The Morgan fingerprint density at radius 3 is 2.50 bits per heavy atom. The average Bonchev–Trinajstić information content (AvgIpc) is 2.49. The van der Waals surface area contributed by atoms with Gasteiger partial charge < -0.3 is 4.90 Å². The number of hydrogen-bond donors (Lipinski definition) is 0. The normalized spacial score (nSPS) is 16.4. The molecule has 0 N–H and O–H groups in total. The summed E-state index contributed by atoms with van der Waals surface area (Å²) >= 11 is 1.81. The zero-order chi connectivity index (χ0) is 14.2. The number of nitrogens with zero attached hydrogens (tertiary/aromatic N) is 2. The van der Waals surface area contributed by atoms with Gasteiger partial charge in [-0.3, -0.25) is 9.69 Å². The van der Waals surface area contributed by atoms with Gasteiger partial charge in [0.1, 0.15) is 0 Å². The molecule has 1 aromatic rings. The van der Waals surface area contributed by atoms with Gasteiger partial charge in [-0.25, -0.2) is 0 Å². The molecule has 1 amide bonds. The Morgan fingerprint density at radius 1 is 1.15 bits per heavy atom. The highest BCUT2D eigenvalue weighted by Gasteiger charge is 2.20. The first-order valence-corrected chi connectivity index (χ1v) is 8.72. The Balaban J connectivity index is 1.71. The first-order chi connectivity index (χ1) is 9.79. The van der Waals surface area contributed by atoms with E-state index in [0.29, 0.717) is 12.3 Å². The van der Waals surface area contributed by atoms with Crippen LogP contribution < -0.4 is 0 Å². The van der Waals surface area contributed by atoms with E-state index in [9.17, 15) is 4.79 Å². The molecule has 0 aliphatic carbocycles. The van der Waals surface area contributed by atoms with E-state index in [0.717, 1.165) is 44.9 Å². The summed E-state index contributed by atoms with van der Waals surface area (Å²) in [7, 11) is 0. The van der Waals surface area contributed by atoms with Crippen molar-refractivity contribution >= 4 is 17.7 Å². The minimum absolute atomic E-state index is 0.332. The number of amides is 1. The fraction of sp³-hybridized carbons (Fsp3) is 0.562. The van der Waals surface area contributed by atoms with Crippen LogP contribution in [0.2, 0.25) is 0 Å². The molecule has 1 saturated heterocycles. The van der Waals surface area contributed by atoms with Crippen molar-refractivity contribution in [2.45, 2.75) is 19.4 Å². The molecule has 0 spiro atoms. The van der Waals surface area contributed by atoms with Crippen LogP contribution in [0, 0.1) is 0 Å². The van der Waals surface area contributed by atoms with Gasteiger partial charge in [0.05, 0.1) is 0 Å². The van der Waals surface area contributed by atoms with Crippen LogP contribution in [-0.4, -0.2) is 53.9 Å². The molecule has 1 aliphatic rings. The maximum atomic E-state index is 12.0. The van der Waals surface area contributed by atoms with E-state index < -0.39 is 0 Å². The van der Waals surface area contributed by atoms with Gasteiger partial charge in [0.25, 0.3) is 0 Å². The monoisotopic (exact) mass is 292 g/mol. The zero-order valence-corrected chi connectivity index (χ0v) is 13.1. The Morgan fingerprint density at radius 2 is 1.85 bits per heavy atom. The molecule has 0 aromatic heterocycles. The molecule has 0 atom stereocenters. The van der Waals surface area contributed by atoms with Gasteiger partial charge in [0.15, 0.2) is 0 Å². The summed E-state index contributed by atoms with van der Waals surface area (Å²) in [6, 6.07) is 10.6. The molecule has 4 heteroatoms. The molecule has 110 valence electrons. The number of rotatable bonds is 6. The van der Waals surface area contributed by atoms with Gasteiger partial charge in [-0.1, -0.05) is 30.3 Å². The molecule has 1 aromatic carbocycles. The lowest BCUT2D eigenvalue weighted by Crippen LogP contribution is -2.48. The van der Waals surface area contributed by atoms with Gasteiger partial charge in [-0.2, -0.15) is 11.8 Å². The van der Waals surface area contributed by atoms with Crippen LogP contribution in [0.5, 0.6) is 0 Å². The highest BCUT2D eigenvalue weighted by molar-refractivity contribution is 7.98. The Bertz CT molecular complexity index is 402. The van der Waals surface area contributed by atoms with Crippen LogP contribution in [0.25, 0.3) is 0 Å². The van der Waals surface area contributed by atoms with E-state index in [4.69, 9.17) is 0 Å². The lowest BCUT2D eigenvalue weighted by molar-refractivity contribution is -0.133. The van der Waals surface area contributed by atoms with Crippen LogP contribution in [-0.2, 0) is 11.3 Å². The minimum Gasteiger partial charge on any atom is -0.340 e. The average molecular weight is 292 g/mol. The standard InChI is InChI=1S/C16H24N2OS/c1-20-13-5-8-16(19)18-11-9-17(10-12-18)14-15-6-3-2-4-7-15/h2-4,6-7H,5,8-14H2,1H3. The Kier molecular flexibility index (Phi) is 6.40. The SMILES string of the molecule is CSCCCC(=O)N1CCN(Cc2ccccc2)CC1. The first-order valence-electron chi connectivity index (χ1n) is 7.32. The maximum absolute atomic E-state index is 12.0. The molecule has 0 bridgehead atoms. The Labute approximate surface area is 126 Å². The number of thioether (sulfide) groups is 1. The zero-order valence-electron chi connectivity index (χ0n) is 12.3. The van der Waals surface area contributed by atoms with E-state index in [2.05, 4.69) is 41.5 Å². The van der Waals surface area contributed by atoms with Crippen molar-refractivity contribution in [1.29, 1.82) is 0 Å². The summed E-state index contributed by atoms with van der Waals surface area (Å²) in [5.74, 6) is 1.41. The molecule has 2 rings (SSSR count). The highest BCUT2D eigenvalue weighted by Crippen LogP contribution is 2.10. The van der Waals surface area contributed by atoms with Crippen molar-refractivity contribution in [2.24, 2.45) is 0 Å². The quantitative estimate of drug-likeness (QED) is 0.753. The van der Waals surface area contributed by atoms with Crippen molar-refractivity contribution in [3.63, 3.8) is 0 Å². The van der Waals surface area contributed by atoms with Crippen molar-refractivity contribution in [1.82, 2.24) is 9.80 Å². The summed E-state index contributed by atoms with van der Waals surface area (Å²) in [6.45, 7) is 4.73. The van der Waals surface area contributed by atoms with Crippen molar-refractivity contribution in [3.8, 4) is 0 Å². The molecule has 1 aliphatic heterocycles. The highest BCUT2D eigenvalue weighted by atomic mass is 32.2. The molecule has 0 radical (unpaired) electrons. The maximum Gasteiger partial charge on any atom is 0.222 e. The van der Waals surface area contributed by atoms with Crippen LogP contribution in [0.15, 0.2) is 30.3 Å². The molecule has 0 unspecified atom stereocenters. The number of hydrogen-bond acceptors (Lipinski definition) is 3. The van der Waals surface area contributed by atoms with Crippen LogP contribution in [0.1, 0.15) is 18.4 Å². The third-order valence-corrected chi connectivity index (χ3v) is 4.41. The van der Waals surface area contributed by atoms with Crippen LogP contribution in [0.3, 0.4) is 0 Å². The molecular weight excluding hydrogens is 268 g/mol. The summed E-state index contributed by atoms with van der Waals surface area (Å²) in [6.07, 6.45) is 3.80. The smallest absolute Gasteiger partial charge is 0.222 e. The van der Waals surface area contributed by atoms with Crippen LogP contribution >= 0.6 is 11.8 Å². The van der Waals surface area contributed by atoms with Gasteiger partial charge in [-0.05, 0) is 24.0 Å². The van der Waals surface area contributed by atoms with E-state index in [-0.39, 0.29) is 0 Å². The number of carbonyl (C=O) groups is 1. The predicted octanol–water partition coefficient (Wildman–Crippen LogP) is 2.47. The van der Waals surface area contributed by atoms with Crippen molar-refractivity contribution in [2.75, 3.05) is 38.2 Å². The second-order valence-corrected chi connectivity index (χ2v) is 6.22. The summed E-state index contributed by atoms with van der Waals surface area (Å²) in [5, 5.41) is 0. The van der Waals surface area contributed by atoms with Crippen LogP contribution in [0.4, 0.5) is 0 Å². The van der Waals surface area contributed by atoms with Crippen molar-refractivity contribution in [3.05, 3.63) is 35.9 Å². The molecule has 1 fully saturated rings. The second kappa shape index (κ2) is 8.32. The Hall–Kier alpha value is -1.00. The van der Waals surface area contributed by atoms with Gasteiger partial charge in [0.2, 0.25) is 5.91 Å². The molecule has 1 heterocycles.